The van der Waals surface area contributed by atoms with Gasteiger partial charge in [0.1, 0.15) is 0 Å². The molecule has 3 aromatic rings. The molecule has 0 bridgehead atoms. The molecule has 1 saturated heterocycles. The van der Waals surface area contributed by atoms with Crippen molar-refractivity contribution in [2.45, 2.75) is 18.6 Å². The molecule has 5 nitrogen and oxygen atoms in total. The number of H-pyrrole nitrogens is 1. The first-order valence-corrected chi connectivity index (χ1v) is 9.39. The molecule has 1 amide bonds. The van der Waals surface area contributed by atoms with Gasteiger partial charge < -0.3 is 10.3 Å². The van der Waals surface area contributed by atoms with Gasteiger partial charge in [0.15, 0.2) is 5.17 Å². The lowest BCUT2D eigenvalue weighted by molar-refractivity contribution is -0.118. The molecule has 1 aliphatic heterocycles. The Morgan fingerprint density at radius 3 is 2.65 bits per heavy atom. The van der Waals surface area contributed by atoms with E-state index in [1.165, 1.54) is 11.8 Å². The number of aromatic amines is 1. The van der Waals surface area contributed by atoms with Gasteiger partial charge in [0.25, 0.3) is 0 Å². The molecule has 0 radical (unpaired) electrons. The molecular formula is C20H18N4OS. The van der Waals surface area contributed by atoms with Crippen molar-refractivity contribution < 1.29 is 4.79 Å². The third kappa shape index (κ3) is 3.15. The zero-order chi connectivity index (χ0) is 17.9. The van der Waals surface area contributed by atoms with Crippen molar-refractivity contribution in [3.05, 3.63) is 60.2 Å². The average molecular weight is 362 g/mol. The summed E-state index contributed by atoms with van der Waals surface area (Å²) in [5.74, 6) is 0.00326. The van der Waals surface area contributed by atoms with Crippen LogP contribution in [0.4, 0.5) is 0 Å². The summed E-state index contributed by atoms with van der Waals surface area (Å²) in [5, 5.41) is 12.8. The molecule has 0 saturated carbocycles. The number of amidine groups is 1. The molecule has 2 N–H and O–H groups in total. The Morgan fingerprint density at radius 2 is 1.88 bits per heavy atom. The van der Waals surface area contributed by atoms with Crippen LogP contribution in [0, 0.1) is 0 Å². The SMILES string of the molecule is CC[C@@H]1S/C(=N\N=C/c2c(-c3ccccc3)[nH]c3ccccc23)NC1=O. The fraction of sp³-hybridized carbons (Fsp3) is 0.150. The number of nitrogens with zero attached hydrogens (tertiary/aromatic N) is 2. The van der Waals surface area contributed by atoms with Gasteiger partial charge in [-0.1, -0.05) is 67.2 Å². The maximum absolute atomic E-state index is 11.8. The lowest BCUT2D eigenvalue weighted by Crippen LogP contribution is -2.24. The Kier molecular flexibility index (Phi) is 4.58. The molecule has 2 heterocycles. The van der Waals surface area contributed by atoms with Crippen molar-refractivity contribution in [1.29, 1.82) is 0 Å². The van der Waals surface area contributed by atoms with Crippen LogP contribution in [-0.2, 0) is 4.79 Å². The summed E-state index contributed by atoms with van der Waals surface area (Å²) >= 11 is 1.43. The van der Waals surface area contributed by atoms with Crippen LogP contribution in [0.3, 0.4) is 0 Å². The van der Waals surface area contributed by atoms with Crippen LogP contribution in [0.5, 0.6) is 0 Å². The summed E-state index contributed by atoms with van der Waals surface area (Å²) < 4.78 is 0. The molecule has 26 heavy (non-hydrogen) atoms. The predicted molar refractivity (Wildman–Crippen MR) is 109 cm³/mol. The number of benzene rings is 2. The van der Waals surface area contributed by atoms with E-state index in [0.29, 0.717) is 5.17 Å². The number of rotatable bonds is 4. The molecule has 1 aliphatic rings. The lowest BCUT2D eigenvalue weighted by Gasteiger charge is -2.00. The van der Waals surface area contributed by atoms with Gasteiger partial charge in [-0.2, -0.15) is 5.10 Å². The van der Waals surface area contributed by atoms with E-state index in [1.54, 1.807) is 6.21 Å². The topological polar surface area (TPSA) is 69.6 Å². The van der Waals surface area contributed by atoms with Gasteiger partial charge in [-0.15, -0.1) is 5.10 Å². The number of aromatic nitrogens is 1. The average Bonchev–Trinajstić information content (AvgIpc) is 3.23. The van der Waals surface area contributed by atoms with Gasteiger partial charge in [0.05, 0.1) is 17.2 Å². The Balaban J connectivity index is 1.71. The smallest absolute Gasteiger partial charge is 0.239 e. The second-order valence-electron chi connectivity index (χ2n) is 5.98. The van der Waals surface area contributed by atoms with E-state index < -0.39 is 0 Å². The van der Waals surface area contributed by atoms with E-state index in [1.807, 2.05) is 43.3 Å². The Morgan fingerprint density at radius 1 is 1.12 bits per heavy atom. The first-order valence-electron chi connectivity index (χ1n) is 8.51. The summed E-state index contributed by atoms with van der Waals surface area (Å²) in [6.07, 6.45) is 2.53. The number of hydrogen-bond acceptors (Lipinski definition) is 4. The van der Waals surface area contributed by atoms with Gasteiger partial charge in [-0.25, -0.2) is 0 Å². The number of thioether (sulfide) groups is 1. The van der Waals surface area contributed by atoms with E-state index in [2.05, 4.69) is 38.7 Å². The van der Waals surface area contributed by atoms with Gasteiger partial charge >= 0.3 is 0 Å². The summed E-state index contributed by atoms with van der Waals surface area (Å²) in [7, 11) is 0. The summed E-state index contributed by atoms with van der Waals surface area (Å²) in [6.45, 7) is 1.99. The largest absolute Gasteiger partial charge is 0.354 e. The maximum Gasteiger partial charge on any atom is 0.239 e. The van der Waals surface area contributed by atoms with Crippen LogP contribution in [0.25, 0.3) is 22.2 Å². The highest BCUT2D eigenvalue weighted by Gasteiger charge is 2.28. The summed E-state index contributed by atoms with van der Waals surface area (Å²) in [5.41, 5.74) is 4.13. The fourth-order valence-electron chi connectivity index (χ4n) is 2.99. The van der Waals surface area contributed by atoms with Crippen molar-refractivity contribution in [3.63, 3.8) is 0 Å². The van der Waals surface area contributed by atoms with Gasteiger partial charge in [-0.3, -0.25) is 4.79 Å². The van der Waals surface area contributed by atoms with Crippen LogP contribution in [0.2, 0.25) is 0 Å². The highest BCUT2D eigenvalue weighted by atomic mass is 32.2. The van der Waals surface area contributed by atoms with Crippen molar-refractivity contribution in [2.24, 2.45) is 10.2 Å². The second kappa shape index (κ2) is 7.17. The highest BCUT2D eigenvalue weighted by molar-refractivity contribution is 8.15. The maximum atomic E-state index is 11.8. The number of para-hydroxylation sites is 1. The van der Waals surface area contributed by atoms with Crippen molar-refractivity contribution >= 4 is 40.0 Å². The Hall–Kier alpha value is -2.86. The van der Waals surface area contributed by atoms with Crippen LogP contribution in [-0.4, -0.2) is 27.5 Å². The minimum Gasteiger partial charge on any atom is -0.354 e. The standard InChI is InChI=1S/C20H18N4OS/c1-2-17-19(25)23-20(26-17)24-21-12-15-14-10-6-7-11-16(14)22-18(15)13-8-4-3-5-9-13/h3-12,17,22H,2H2,1H3,(H,23,24,25)/b21-12-/t17-/m0/s1. The van der Waals surface area contributed by atoms with Crippen LogP contribution in [0.1, 0.15) is 18.9 Å². The van der Waals surface area contributed by atoms with Gasteiger partial charge in [-0.05, 0) is 18.1 Å². The predicted octanol–water partition coefficient (Wildman–Crippen LogP) is 4.17. The van der Waals surface area contributed by atoms with E-state index in [-0.39, 0.29) is 11.2 Å². The van der Waals surface area contributed by atoms with E-state index >= 15 is 0 Å². The molecular weight excluding hydrogens is 344 g/mol. The molecule has 0 spiro atoms. The lowest BCUT2D eigenvalue weighted by atomic mass is 10.1. The van der Waals surface area contributed by atoms with Crippen LogP contribution < -0.4 is 5.32 Å². The first kappa shape index (κ1) is 16.6. The molecule has 130 valence electrons. The highest BCUT2D eigenvalue weighted by Crippen LogP contribution is 2.29. The second-order valence-corrected chi connectivity index (χ2v) is 7.17. The quantitative estimate of drug-likeness (QED) is 0.540. The van der Waals surface area contributed by atoms with E-state index in [0.717, 1.165) is 34.1 Å². The number of carbonyl (C=O) groups is 1. The van der Waals surface area contributed by atoms with Crippen molar-refractivity contribution in [3.8, 4) is 11.3 Å². The molecule has 1 fully saturated rings. The van der Waals surface area contributed by atoms with E-state index in [9.17, 15) is 4.79 Å². The van der Waals surface area contributed by atoms with Crippen LogP contribution >= 0.6 is 11.8 Å². The molecule has 0 aliphatic carbocycles. The summed E-state index contributed by atoms with van der Waals surface area (Å²) in [4.78, 5) is 15.2. The Labute approximate surface area is 155 Å². The normalized spacial score (nSPS) is 18.9. The molecule has 2 aromatic carbocycles. The molecule has 1 atom stereocenters. The minimum atomic E-state index is -0.0723. The molecule has 4 rings (SSSR count). The van der Waals surface area contributed by atoms with E-state index in [4.69, 9.17) is 0 Å². The molecule has 6 heteroatoms. The number of nitrogens with one attached hydrogen (secondary N) is 2. The zero-order valence-electron chi connectivity index (χ0n) is 14.3. The summed E-state index contributed by atoms with van der Waals surface area (Å²) in [6, 6.07) is 18.3. The number of carbonyl (C=O) groups excluding carboxylic acids is 1. The molecule has 1 aromatic heterocycles. The van der Waals surface area contributed by atoms with Crippen molar-refractivity contribution in [2.75, 3.05) is 0 Å². The number of fused-ring (bicyclic) bond motifs is 1. The third-order valence-electron chi connectivity index (χ3n) is 4.29. The van der Waals surface area contributed by atoms with Gasteiger partial charge in [0, 0.05) is 16.5 Å². The Bertz CT molecular complexity index is 1010. The monoisotopic (exact) mass is 362 g/mol. The number of amides is 1. The van der Waals surface area contributed by atoms with Crippen molar-refractivity contribution in [1.82, 2.24) is 10.3 Å². The third-order valence-corrected chi connectivity index (χ3v) is 5.53. The molecule has 0 unspecified atom stereocenters. The van der Waals surface area contributed by atoms with Gasteiger partial charge in [0.2, 0.25) is 5.91 Å². The fourth-order valence-corrected chi connectivity index (χ4v) is 3.85. The number of hydrogen-bond donors (Lipinski definition) is 2. The zero-order valence-corrected chi connectivity index (χ0v) is 15.1. The minimum absolute atomic E-state index is 0.00326. The van der Waals surface area contributed by atoms with Crippen LogP contribution in [0.15, 0.2) is 64.8 Å². The first-order chi connectivity index (χ1) is 12.8.